The summed E-state index contributed by atoms with van der Waals surface area (Å²) in [5, 5.41) is 5.06. The number of fused-ring (bicyclic) bond motifs is 1. The van der Waals surface area contributed by atoms with E-state index in [1.165, 1.54) is 5.56 Å². The Morgan fingerprint density at radius 1 is 1.00 bits per heavy atom. The first-order chi connectivity index (χ1) is 11.6. The van der Waals surface area contributed by atoms with Crippen LogP contribution in [0.15, 0.2) is 66.7 Å². The topological polar surface area (TPSA) is 38.3 Å². The van der Waals surface area contributed by atoms with E-state index in [-0.39, 0.29) is 5.91 Å². The highest BCUT2D eigenvalue weighted by Gasteiger charge is 2.15. The van der Waals surface area contributed by atoms with Gasteiger partial charge in [0, 0.05) is 11.9 Å². The number of aryl methyl sites for hydroxylation is 1. The molecule has 122 valence electrons. The van der Waals surface area contributed by atoms with Crippen molar-refractivity contribution in [2.45, 2.75) is 26.5 Å². The molecular weight excluding hydrogens is 298 g/mol. The van der Waals surface area contributed by atoms with E-state index in [1.54, 1.807) is 6.92 Å². The Kier molecular flexibility index (Phi) is 4.80. The number of ether oxygens (including phenoxy) is 1. The number of benzene rings is 3. The van der Waals surface area contributed by atoms with Crippen molar-refractivity contribution in [3.8, 4) is 5.75 Å². The van der Waals surface area contributed by atoms with Gasteiger partial charge in [-0.15, -0.1) is 0 Å². The first-order valence-corrected chi connectivity index (χ1v) is 8.12. The Morgan fingerprint density at radius 2 is 1.71 bits per heavy atom. The average Bonchev–Trinajstić information content (AvgIpc) is 2.61. The van der Waals surface area contributed by atoms with Gasteiger partial charge in [-0.2, -0.15) is 0 Å². The Hall–Kier alpha value is -2.81. The lowest BCUT2D eigenvalue weighted by Crippen LogP contribution is -2.36. The molecule has 0 aromatic heterocycles. The molecule has 1 unspecified atom stereocenters. The molecule has 1 atom stereocenters. The van der Waals surface area contributed by atoms with Crippen molar-refractivity contribution in [3.63, 3.8) is 0 Å². The summed E-state index contributed by atoms with van der Waals surface area (Å²) in [6.07, 6.45) is -0.556. The van der Waals surface area contributed by atoms with Gasteiger partial charge in [0.15, 0.2) is 6.10 Å². The van der Waals surface area contributed by atoms with Gasteiger partial charge < -0.3 is 10.1 Å². The van der Waals surface area contributed by atoms with E-state index >= 15 is 0 Å². The van der Waals surface area contributed by atoms with Crippen LogP contribution in [-0.2, 0) is 11.3 Å². The lowest BCUT2D eigenvalue weighted by atomic mass is 10.1. The zero-order valence-corrected chi connectivity index (χ0v) is 14.0. The molecule has 1 N–H and O–H groups in total. The fourth-order valence-electron chi connectivity index (χ4n) is 2.68. The molecule has 3 rings (SSSR count). The maximum Gasteiger partial charge on any atom is 0.261 e. The van der Waals surface area contributed by atoms with Crippen LogP contribution in [0, 0.1) is 6.92 Å². The Labute approximate surface area is 142 Å². The molecule has 0 fully saturated rings. The van der Waals surface area contributed by atoms with E-state index in [1.807, 2.05) is 73.7 Å². The molecule has 3 aromatic rings. The van der Waals surface area contributed by atoms with Gasteiger partial charge >= 0.3 is 0 Å². The van der Waals surface area contributed by atoms with Crippen molar-refractivity contribution in [1.29, 1.82) is 0 Å². The Bertz CT molecular complexity index is 852. The van der Waals surface area contributed by atoms with Gasteiger partial charge in [-0.1, -0.05) is 60.7 Å². The minimum Gasteiger partial charge on any atom is -0.480 e. The lowest BCUT2D eigenvalue weighted by molar-refractivity contribution is -0.127. The number of hydrogen-bond acceptors (Lipinski definition) is 2. The standard InChI is InChI=1S/C21H21NO2/c1-15-8-3-4-10-18(15)14-22-21(23)16(2)24-20-13-7-11-17-9-5-6-12-19(17)20/h3-13,16H,14H2,1-2H3,(H,22,23). The zero-order valence-electron chi connectivity index (χ0n) is 14.0. The minimum absolute atomic E-state index is 0.119. The molecule has 3 aromatic carbocycles. The molecule has 3 heteroatoms. The molecular formula is C21H21NO2. The second kappa shape index (κ2) is 7.18. The van der Waals surface area contributed by atoms with E-state index in [4.69, 9.17) is 4.74 Å². The molecule has 0 radical (unpaired) electrons. The first-order valence-electron chi connectivity index (χ1n) is 8.12. The van der Waals surface area contributed by atoms with Gasteiger partial charge in [0.25, 0.3) is 5.91 Å². The largest absolute Gasteiger partial charge is 0.480 e. The molecule has 0 aliphatic carbocycles. The number of hydrogen-bond donors (Lipinski definition) is 1. The van der Waals surface area contributed by atoms with Crippen molar-refractivity contribution < 1.29 is 9.53 Å². The second-order valence-electron chi connectivity index (χ2n) is 5.88. The third-order valence-corrected chi connectivity index (χ3v) is 4.14. The molecule has 0 aliphatic heterocycles. The van der Waals surface area contributed by atoms with Crippen LogP contribution < -0.4 is 10.1 Å². The number of rotatable bonds is 5. The summed E-state index contributed by atoms with van der Waals surface area (Å²) in [6.45, 7) is 4.32. The summed E-state index contributed by atoms with van der Waals surface area (Å²) < 4.78 is 5.90. The smallest absolute Gasteiger partial charge is 0.261 e. The van der Waals surface area contributed by atoms with Gasteiger partial charge in [0.2, 0.25) is 0 Å². The van der Waals surface area contributed by atoms with Crippen LogP contribution >= 0.6 is 0 Å². The third kappa shape index (κ3) is 3.57. The lowest BCUT2D eigenvalue weighted by Gasteiger charge is -2.16. The van der Waals surface area contributed by atoms with Gasteiger partial charge in [-0.25, -0.2) is 0 Å². The van der Waals surface area contributed by atoms with Crippen molar-refractivity contribution in [1.82, 2.24) is 5.32 Å². The predicted molar refractivity (Wildman–Crippen MR) is 97.1 cm³/mol. The number of nitrogens with one attached hydrogen (secondary N) is 1. The van der Waals surface area contributed by atoms with Crippen molar-refractivity contribution in [2.24, 2.45) is 0 Å². The molecule has 3 nitrogen and oxygen atoms in total. The Morgan fingerprint density at radius 3 is 2.54 bits per heavy atom. The van der Waals surface area contributed by atoms with Crippen molar-refractivity contribution in [3.05, 3.63) is 77.9 Å². The molecule has 0 bridgehead atoms. The van der Waals surface area contributed by atoms with Crippen molar-refractivity contribution in [2.75, 3.05) is 0 Å². The van der Waals surface area contributed by atoms with Crippen LogP contribution in [-0.4, -0.2) is 12.0 Å². The van der Waals surface area contributed by atoms with Crippen LogP contribution in [0.25, 0.3) is 10.8 Å². The number of amides is 1. The fourth-order valence-corrected chi connectivity index (χ4v) is 2.68. The van der Waals surface area contributed by atoms with Crippen LogP contribution in [0.1, 0.15) is 18.1 Å². The first kappa shape index (κ1) is 16.1. The molecule has 0 spiro atoms. The summed E-state index contributed by atoms with van der Waals surface area (Å²) in [5.41, 5.74) is 2.28. The summed E-state index contributed by atoms with van der Waals surface area (Å²) in [4.78, 5) is 12.3. The maximum atomic E-state index is 12.3. The highest BCUT2D eigenvalue weighted by Crippen LogP contribution is 2.26. The van der Waals surface area contributed by atoms with E-state index in [0.29, 0.717) is 6.54 Å². The Balaban J connectivity index is 1.67. The quantitative estimate of drug-likeness (QED) is 0.764. The van der Waals surface area contributed by atoms with Gasteiger partial charge in [-0.3, -0.25) is 4.79 Å². The highest BCUT2D eigenvalue weighted by atomic mass is 16.5. The average molecular weight is 319 g/mol. The van der Waals surface area contributed by atoms with E-state index in [9.17, 15) is 4.79 Å². The summed E-state index contributed by atoms with van der Waals surface area (Å²) in [6, 6.07) is 21.9. The summed E-state index contributed by atoms with van der Waals surface area (Å²) in [7, 11) is 0. The molecule has 24 heavy (non-hydrogen) atoms. The maximum absolute atomic E-state index is 12.3. The molecule has 0 heterocycles. The van der Waals surface area contributed by atoms with Crippen LogP contribution in [0.2, 0.25) is 0 Å². The number of carbonyl (C=O) groups is 1. The van der Waals surface area contributed by atoms with Crippen molar-refractivity contribution >= 4 is 16.7 Å². The fraction of sp³-hybridized carbons (Fsp3) is 0.190. The van der Waals surface area contributed by atoms with E-state index in [0.717, 1.165) is 22.1 Å². The third-order valence-electron chi connectivity index (χ3n) is 4.14. The predicted octanol–water partition coefficient (Wildman–Crippen LogP) is 4.23. The molecule has 0 saturated carbocycles. The van der Waals surface area contributed by atoms with Gasteiger partial charge in [0.05, 0.1) is 0 Å². The summed E-state index contributed by atoms with van der Waals surface area (Å²) in [5.74, 6) is 0.609. The van der Waals surface area contributed by atoms with Crippen LogP contribution in [0.3, 0.4) is 0 Å². The van der Waals surface area contributed by atoms with Gasteiger partial charge in [0.1, 0.15) is 5.75 Å². The van der Waals surface area contributed by atoms with E-state index < -0.39 is 6.10 Å². The molecule has 1 amide bonds. The SMILES string of the molecule is Cc1ccccc1CNC(=O)C(C)Oc1cccc2ccccc12. The molecule has 0 saturated heterocycles. The van der Waals surface area contributed by atoms with Crippen LogP contribution in [0.5, 0.6) is 5.75 Å². The molecule has 0 aliphatic rings. The highest BCUT2D eigenvalue weighted by molar-refractivity contribution is 5.89. The number of carbonyl (C=O) groups excluding carboxylic acids is 1. The summed E-state index contributed by atoms with van der Waals surface area (Å²) >= 11 is 0. The normalized spacial score (nSPS) is 11.9. The monoisotopic (exact) mass is 319 g/mol. The van der Waals surface area contributed by atoms with Crippen LogP contribution in [0.4, 0.5) is 0 Å². The van der Waals surface area contributed by atoms with Gasteiger partial charge in [-0.05, 0) is 36.4 Å². The second-order valence-corrected chi connectivity index (χ2v) is 5.88. The van der Waals surface area contributed by atoms with E-state index in [2.05, 4.69) is 5.32 Å². The minimum atomic E-state index is -0.556. The zero-order chi connectivity index (χ0) is 16.9.